The van der Waals surface area contributed by atoms with Crippen molar-refractivity contribution < 1.29 is 19.8 Å². The molecule has 0 aliphatic rings. The van der Waals surface area contributed by atoms with Crippen molar-refractivity contribution in [2.45, 2.75) is 25.6 Å². The number of primary amides is 1. The Morgan fingerprint density at radius 1 is 1.35 bits per heavy atom. The Labute approximate surface area is 98.9 Å². The Morgan fingerprint density at radius 2 is 2.00 bits per heavy atom. The van der Waals surface area contributed by atoms with Crippen LogP contribution in [0, 0.1) is 0 Å². The molecule has 0 fully saturated rings. The molecule has 0 heterocycles. The molecule has 0 aromatic heterocycles. The van der Waals surface area contributed by atoms with Gasteiger partial charge in [0.25, 0.3) is 0 Å². The van der Waals surface area contributed by atoms with Crippen LogP contribution >= 0.6 is 0 Å². The number of carbonyl (C=O) groups is 2. The van der Waals surface area contributed by atoms with Crippen LogP contribution in [-0.2, 0) is 16.0 Å². The third-order valence-corrected chi connectivity index (χ3v) is 2.34. The van der Waals surface area contributed by atoms with E-state index in [0.29, 0.717) is 11.1 Å². The lowest BCUT2D eigenvalue weighted by molar-refractivity contribution is -0.132. The van der Waals surface area contributed by atoms with Gasteiger partial charge in [0.2, 0.25) is 5.91 Å². The van der Waals surface area contributed by atoms with Crippen LogP contribution in [0.25, 0.3) is 0 Å². The molecule has 0 saturated heterocycles. The number of hydrogen-bond donors (Lipinski definition) is 3. The van der Waals surface area contributed by atoms with Gasteiger partial charge < -0.3 is 15.9 Å². The Morgan fingerprint density at radius 3 is 2.53 bits per heavy atom. The highest BCUT2D eigenvalue weighted by atomic mass is 16.3. The lowest BCUT2D eigenvalue weighted by Crippen LogP contribution is -2.33. The van der Waals surface area contributed by atoms with Crippen molar-refractivity contribution in [1.82, 2.24) is 0 Å². The topological polar surface area (TPSA) is 101 Å². The van der Waals surface area contributed by atoms with Gasteiger partial charge in [0.1, 0.15) is 11.9 Å². The number of rotatable bonds is 5. The maximum Gasteiger partial charge on any atom is 0.249 e. The molecular weight excluding hydrogens is 222 g/mol. The molecule has 0 bridgehead atoms. The molecule has 0 aliphatic heterocycles. The molecular formula is C12H15NO4. The van der Waals surface area contributed by atoms with Crippen LogP contribution in [0.2, 0.25) is 0 Å². The van der Waals surface area contributed by atoms with E-state index in [2.05, 4.69) is 0 Å². The number of nitrogens with two attached hydrogens (primary N) is 1. The lowest BCUT2D eigenvalue weighted by atomic mass is 10.00. The van der Waals surface area contributed by atoms with Gasteiger partial charge in [-0.25, -0.2) is 0 Å². The number of hydrogen-bond acceptors (Lipinski definition) is 4. The SMILES string of the molecule is CC(=O)Cc1cccc(C(O)C(O)C(N)=O)c1. The fourth-order valence-electron chi connectivity index (χ4n) is 1.51. The fourth-order valence-corrected chi connectivity index (χ4v) is 1.51. The van der Waals surface area contributed by atoms with Crippen molar-refractivity contribution >= 4 is 11.7 Å². The van der Waals surface area contributed by atoms with Gasteiger partial charge in [-0.2, -0.15) is 0 Å². The van der Waals surface area contributed by atoms with E-state index >= 15 is 0 Å². The average Bonchev–Trinajstić information content (AvgIpc) is 2.26. The number of ketones is 1. The van der Waals surface area contributed by atoms with E-state index in [0.717, 1.165) is 0 Å². The first-order valence-corrected chi connectivity index (χ1v) is 5.15. The first-order chi connectivity index (χ1) is 7.91. The fraction of sp³-hybridized carbons (Fsp3) is 0.333. The van der Waals surface area contributed by atoms with Crippen LogP contribution in [0.5, 0.6) is 0 Å². The molecule has 17 heavy (non-hydrogen) atoms. The molecule has 0 spiro atoms. The molecule has 92 valence electrons. The summed E-state index contributed by atoms with van der Waals surface area (Å²) in [6.07, 6.45) is -2.78. The van der Waals surface area contributed by atoms with E-state index in [9.17, 15) is 19.8 Å². The molecule has 0 aliphatic carbocycles. The highest BCUT2D eigenvalue weighted by Crippen LogP contribution is 2.18. The van der Waals surface area contributed by atoms with Crippen molar-refractivity contribution in [1.29, 1.82) is 0 Å². The molecule has 2 atom stereocenters. The van der Waals surface area contributed by atoms with Gasteiger partial charge in [0, 0.05) is 6.42 Å². The van der Waals surface area contributed by atoms with Gasteiger partial charge >= 0.3 is 0 Å². The van der Waals surface area contributed by atoms with Crippen LogP contribution in [0.3, 0.4) is 0 Å². The summed E-state index contributed by atoms with van der Waals surface area (Å²) in [4.78, 5) is 21.7. The molecule has 1 rings (SSSR count). The highest BCUT2D eigenvalue weighted by Gasteiger charge is 2.23. The minimum atomic E-state index is -1.65. The number of amides is 1. The predicted octanol–water partition coefficient (Wildman–Crippen LogP) is -0.302. The summed E-state index contributed by atoms with van der Waals surface area (Å²) < 4.78 is 0. The van der Waals surface area contributed by atoms with Gasteiger partial charge in [0.15, 0.2) is 6.10 Å². The van der Waals surface area contributed by atoms with E-state index in [4.69, 9.17) is 5.73 Å². The predicted molar refractivity (Wildman–Crippen MR) is 61.0 cm³/mol. The van der Waals surface area contributed by atoms with Crippen molar-refractivity contribution in [3.05, 3.63) is 35.4 Å². The van der Waals surface area contributed by atoms with Gasteiger partial charge in [-0.3, -0.25) is 9.59 Å². The largest absolute Gasteiger partial charge is 0.385 e. The Kier molecular flexibility index (Phi) is 4.37. The lowest BCUT2D eigenvalue weighted by Gasteiger charge is -2.15. The zero-order valence-electron chi connectivity index (χ0n) is 9.46. The smallest absolute Gasteiger partial charge is 0.249 e. The number of benzene rings is 1. The Bertz CT molecular complexity index is 430. The van der Waals surface area contributed by atoms with Crippen molar-refractivity contribution in [3.63, 3.8) is 0 Å². The zero-order chi connectivity index (χ0) is 13.0. The second-order valence-corrected chi connectivity index (χ2v) is 3.92. The monoisotopic (exact) mass is 237 g/mol. The average molecular weight is 237 g/mol. The maximum atomic E-state index is 11.0. The number of Topliss-reactive ketones (excluding diaryl/α,β-unsaturated/α-hetero) is 1. The summed E-state index contributed by atoms with van der Waals surface area (Å²) in [6, 6.07) is 6.50. The molecule has 0 radical (unpaired) electrons. The first kappa shape index (κ1) is 13.3. The molecule has 0 saturated carbocycles. The Hall–Kier alpha value is -1.72. The minimum absolute atomic E-state index is 0.00732. The number of aliphatic hydroxyl groups is 2. The van der Waals surface area contributed by atoms with E-state index in [1.54, 1.807) is 24.3 Å². The maximum absolute atomic E-state index is 11.0. The highest BCUT2D eigenvalue weighted by molar-refractivity contribution is 5.79. The van der Waals surface area contributed by atoms with Crippen LogP contribution in [0.4, 0.5) is 0 Å². The first-order valence-electron chi connectivity index (χ1n) is 5.15. The quantitative estimate of drug-likeness (QED) is 0.654. The second-order valence-electron chi connectivity index (χ2n) is 3.92. The third-order valence-electron chi connectivity index (χ3n) is 2.34. The van der Waals surface area contributed by atoms with Crippen molar-refractivity contribution in [2.24, 2.45) is 5.73 Å². The molecule has 2 unspecified atom stereocenters. The number of aliphatic hydroxyl groups excluding tert-OH is 2. The molecule has 1 aromatic carbocycles. The van der Waals surface area contributed by atoms with Crippen LogP contribution in [0.1, 0.15) is 24.2 Å². The summed E-state index contributed by atoms with van der Waals surface area (Å²) >= 11 is 0. The van der Waals surface area contributed by atoms with Gasteiger partial charge in [0.05, 0.1) is 0 Å². The number of carbonyl (C=O) groups excluding carboxylic acids is 2. The van der Waals surface area contributed by atoms with E-state index in [1.807, 2.05) is 0 Å². The molecule has 5 nitrogen and oxygen atoms in total. The molecule has 1 aromatic rings. The minimum Gasteiger partial charge on any atom is -0.385 e. The van der Waals surface area contributed by atoms with Crippen LogP contribution in [-0.4, -0.2) is 28.0 Å². The standard InChI is InChI=1S/C12H15NO4/c1-7(14)5-8-3-2-4-9(6-8)10(15)11(16)12(13)17/h2-4,6,10-11,15-16H,5H2,1H3,(H2,13,17). The van der Waals surface area contributed by atoms with Crippen LogP contribution in [0.15, 0.2) is 24.3 Å². The van der Waals surface area contributed by atoms with Gasteiger partial charge in [-0.1, -0.05) is 24.3 Å². The zero-order valence-corrected chi connectivity index (χ0v) is 9.46. The second kappa shape index (κ2) is 5.56. The molecule has 5 heteroatoms. The molecule has 1 amide bonds. The summed E-state index contributed by atoms with van der Waals surface area (Å²) in [6.45, 7) is 1.46. The van der Waals surface area contributed by atoms with E-state index in [-0.39, 0.29) is 12.2 Å². The normalized spacial score (nSPS) is 14.1. The van der Waals surface area contributed by atoms with Gasteiger partial charge in [-0.15, -0.1) is 0 Å². The summed E-state index contributed by atoms with van der Waals surface area (Å²) in [7, 11) is 0. The van der Waals surface area contributed by atoms with Crippen LogP contribution < -0.4 is 5.73 Å². The Balaban J connectivity index is 2.91. The summed E-state index contributed by atoms with van der Waals surface area (Å²) in [5.41, 5.74) is 5.96. The van der Waals surface area contributed by atoms with Crippen molar-refractivity contribution in [2.75, 3.05) is 0 Å². The van der Waals surface area contributed by atoms with E-state index in [1.165, 1.54) is 6.92 Å². The van der Waals surface area contributed by atoms with Crippen molar-refractivity contribution in [3.8, 4) is 0 Å². The molecule has 4 N–H and O–H groups in total. The summed E-state index contributed by atoms with van der Waals surface area (Å²) in [5.74, 6) is -0.999. The van der Waals surface area contributed by atoms with E-state index < -0.39 is 18.1 Å². The summed E-state index contributed by atoms with van der Waals surface area (Å²) in [5, 5.41) is 19.0. The third kappa shape index (κ3) is 3.65. The van der Waals surface area contributed by atoms with Gasteiger partial charge in [-0.05, 0) is 18.1 Å².